The van der Waals surface area contributed by atoms with E-state index in [0.29, 0.717) is 16.6 Å². The molecule has 0 radical (unpaired) electrons. The summed E-state index contributed by atoms with van der Waals surface area (Å²) in [5.41, 5.74) is -1.30. The average Bonchev–Trinajstić information content (AvgIpc) is 2.40. The van der Waals surface area contributed by atoms with Crippen molar-refractivity contribution in [2.24, 2.45) is 0 Å². The summed E-state index contributed by atoms with van der Waals surface area (Å²) in [7, 11) is 0. The molecule has 0 bridgehead atoms. The third kappa shape index (κ3) is 3.60. The Hall–Kier alpha value is -1.89. The SMILES string of the molecule is O=C(Nc1ccc(F)c(C(F)(F)F)c1)c1ccccc1Br. The number of benzene rings is 2. The minimum absolute atomic E-state index is 0.135. The molecular formula is C14H8BrF4NO. The minimum Gasteiger partial charge on any atom is -0.322 e. The van der Waals surface area contributed by atoms with E-state index < -0.39 is 23.5 Å². The number of hydrogen-bond donors (Lipinski definition) is 1. The predicted molar refractivity (Wildman–Crippen MR) is 73.5 cm³/mol. The van der Waals surface area contributed by atoms with E-state index in [1.807, 2.05) is 0 Å². The van der Waals surface area contributed by atoms with Gasteiger partial charge in [-0.3, -0.25) is 4.79 Å². The molecule has 0 saturated heterocycles. The summed E-state index contributed by atoms with van der Waals surface area (Å²) in [5.74, 6) is -1.98. The maximum atomic E-state index is 13.1. The van der Waals surface area contributed by atoms with Crippen molar-refractivity contribution in [2.75, 3.05) is 5.32 Å². The van der Waals surface area contributed by atoms with Gasteiger partial charge in [0.2, 0.25) is 0 Å². The Labute approximate surface area is 125 Å². The molecule has 2 aromatic rings. The molecule has 7 heteroatoms. The van der Waals surface area contributed by atoms with Gasteiger partial charge in [0.25, 0.3) is 5.91 Å². The topological polar surface area (TPSA) is 29.1 Å². The highest BCUT2D eigenvalue weighted by Crippen LogP contribution is 2.33. The van der Waals surface area contributed by atoms with Crippen LogP contribution >= 0.6 is 15.9 Å². The van der Waals surface area contributed by atoms with Crippen LogP contribution in [0, 0.1) is 5.82 Å². The van der Waals surface area contributed by atoms with Gasteiger partial charge in [0, 0.05) is 10.2 Å². The lowest BCUT2D eigenvalue weighted by Gasteiger charge is -2.11. The van der Waals surface area contributed by atoms with E-state index in [1.165, 1.54) is 6.07 Å². The second-order valence-electron chi connectivity index (χ2n) is 4.13. The standard InChI is InChI=1S/C14H8BrF4NO/c15-11-4-2-1-3-9(11)13(21)20-8-5-6-12(16)10(7-8)14(17,18)19/h1-7H,(H,20,21). The number of rotatable bonds is 2. The molecule has 0 atom stereocenters. The van der Waals surface area contributed by atoms with E-state index in [1.54, 1.807) is 18.2 Å². The van der Waals surface area contributed by atoms with Crippen LogP contribution in [0.25, 0.3) is 0 Å². The van der Waals surface area contributed by atoms with E-state index in [4.69, 9.17) is 0 Å². The molecule has 2 nitrogen and oxygen atoms in total. The lowest BCUT2D eigenvalue weighted by atomic mass is 10.1. The molecule has 0 heterocycles. The number of carbonyl (C=O) groups excluding carboxylic acids is 1. The lowest BCUT2D eigenvalue weighted by Crippen LogP contribution is -2.14. The Morgan fingerprint density at radius 2 is 1.76 bits per heavy atom. The van der Waals surface area contributed by atoms with Gasteiger partial charge in [-0.25, -0.2) is 4.39 Å². The van der Waals surface area contributed by atoms with E-state index in [9.17, 15) is 22.4 Å². The molecule has 21 heavy (non-hydrogen) atoms. The van der Waals surface area contributed by atoms with Crippen molar-refractivity contribution in [3.63, 3.8) is 0 Å². The fourth-order valence-corrected chi connectivity index (χ4v) is 2.13. The number of anilines is 1. The van der Waals surface area contributed by atoms with E-state index in [0.717, 1.165) is 6.07 Å². The number of halogens is 5. The average molecular weight is 362 g/mol. The summed E-state index contributed by atoms with van der Waals surface area (Å²) >= 11 is 3.17. The maximum Gasteiger partial charge on any atom is 0.419 e. The number of hydrogen-bond acceptors (Lipinski definition) is 1. The molecule has 0 aliphatic rings. The van der Waals surface area contributed by atoms with Crippen molar-refractivity contribution in [1.82, 2.24) is 0 Å². The smallest absolute Gasteiger partial charge is 0.322 e. The van der Waals surface area contributed by atoms with Gasteiger partial charge in [-0.15, -0.1) is 0 Å². The van der Waals surface area contributed by atoms with Crippen LogP contribution in [0.15, 0.2) is 46.9 Å². The second-order valence-corrected chi connectivity index (χ2v) is 4.98. The molecular weight excluding hydrogens is 354 g/mol. The quantitative estimate of drug-likeness (QED) is 0.760. The van der Waals surface area contributed by atoms with Crippen LogP contribution in [-0.4, -0.2) is 5.91 Å². The van der Waals surface area contributed by atoms with Crippen LogP contribution in [0.2, 0.25) is 0 Å². The van der Waals surface area contributed by atoms with Gasteiger partial charge in [-0.05, 0) is 46.3 Å². The Morgan fingerprint density at radius 1 is 1.10 bits per heavy atom. The fraction of sp³-hybridized carbons (Fsp3) is 0.0714. The molecule has 2 aromatic carbocycles. The number of amides is 1. The third-order valence-corrected chi connectivity index (χ3v) is 3.34. The van der Waals surface area contributed by atoms with Gasteiger partial charge < -0.3 is 5.32 Å². The molecule has 1 N–H and O–H groups in total. The first-order valence-corrected chi connectivity index (χ1v) is 6.51. The van der Waals surface area contributed by atoms with E-state index in [2.05, 4.69) is 21.2 Å². The van der Waals surface area contributed by atoms with Gasteiger partial charge in [0.15, 0.2) is 0 Å². The van der Waals surface area contributed by atoms with Gasteiger partial charge in [0.1, 0.15) is 5.82 Å². The largest absolute Gasteiger partial charge is 0.419 e. The van der Waals surface area contributed by atoms with Crippen molar-refractivity contribution < 1.29 is 22.4 Å². The fourth-order valence-electron chi connectivity index (χ4n) is 1.66. The zero-order valence-corrected chi connectivity index (χ0v) is 11.9. The number of alkyl halides is 3. The van der Waals surface area contributed by atoms with Crippen LogP contribution < -0.4 is 5.32 Å². The van der Waals surface area contributed by atoms with E-state index >= 15 is 0 Å². The molecule has 0 spiro atoms. The summed E-state index contributed by atoms with van der Waals surface area (Å²) in [6.07, 6.45) is -4.82. The molecule has 0 unspecified atom stereocenters. The predicted octanol–water partition coefficient (Wildman–Crippen LogP) is 4.86. The summed E-state index contributed by atoms with van der Waals surface area (Å²) < 4.78 is 51.4. The van der Waals surface area contributed by atoms with Crippen LogP contribution in [0.5, 0.6) is 0 Å². The van der Waals surface area contributed by atoms with Crippen LogP contribution in [0.3, 0.4) is 0 Å². The highest BCUT2D eigenvalue weighted by Gasteiger charge is 2.34. The summed E-state index contributed by atoms with van der Waals surface area (Å²) in [4.78, 5) is 12.0. The zero-order valence-electron chi connectivity index (χ0n) is 10.3. The highest BCUT2D eigenvalue weighted by molar-refractivity contribution is 9.10. The molecule has 0 aliphatic carbocycles. The number of nitrogens with one attached hydrogen (secondary N) is 1. The lowest BCUT2D eigenvalue weighted by molar-refractivity contribution is -0.139. The maximum absolute atomic E-state index is 13.1. The molecule has 1 amide bonds. The van der Waals surface area contributed by atoms with Crippen molar-refractivity contribution in [1.29, 1.82) is 0 Å². The van der Waals surface area contributed by atoms with Crippen molar-refractivity contribution >= 4 is 27.5 Å². The molecule has 0 fully saturated rings. The molecule has 0 aromatic heterocycles. The Balaban J connectivity index is 2.29. The second kappa shape index (κ2) is 5.85. The van der Waals surface area contributed by atoms with Crippen LogP contribution in [0.4, 0.5) is 23.2 Å². The van der Waals surface area contributed by atoms with Gasteiger partial charge >= 0.3 is 6.18 Å². The summed E-state index contributed by atoms with van der Waals surface area (Å²) in [6.45, 7) is 0. The normalized spacial score (nSPS) is 11.3. The van der Waals surface area contributed by atoms with Crippen LogP contribution in [-0.2, 0) is 6.18 Å². The van der Waals surface area contributed by atoms with Crippen molar-refractivity contribution in [3.05, 3.63) is 63.9 Å². The minimum atomic E-state index is -4.82. The summed E-state index contributed by atoms with van der Waals surface area (Å²) in [6, 6.07) is 8.74. The first-order valence-electron chi connectivity index (χ1n) is 5.71. The van der Waals surface area contributed by atoms with Gasteiger partial charge in [-0.1, -0.05) is 12.1 Å². The Morgan fingerprint density at radius 3 is 2.38 bits per heavy atom. The summed E-state index contributed by atoms with van der Waals surface area (Å²) in [5, 5.41) is 2.30. The van der Waals surface area contributed by atoms with E-state index in [-0.39, 0.29) is 11.3 Å². The Kier molecular flexibility index (Phi) is 4.32. The molecule has 110 valence electrons. The van der Waals surface area contributed by atoms with Crippen LogP contribution in [0.1, 0.15) is 15.9 Å². The first kappa shape index (κ1) is 15.5. The third-order valence-electron chi connectivity index (χ3n) is 2.65. The number of carbonyl (C=O) groups is 1. The zero-order chi connectivity index (χ0) is 15.6. The Bertz CT molecular complexity index is 685. The molecule has 0 aliphatic heterocycles. The van der Waals surface area contributed by atoms with Gasteiger partial charge in [0.05, 0.1) is 11.1 Å². The van der Waals surface area contributed by atoms with Crippen molar-refractivity contribution in [3.8, 4) is 0 Å². The first-order chi connectivity index (χ1) is 9.79. The van der Waals surface area contributed by atoms with Gasteiger partial charge in [-0.2, -0.15) is 13.2 Å². The molecule has 2 rings (SSSR count). The van der Waals surface area contributed by atoms with Crippen molar-refractivity contribution in [2.45, 2.75) is 6.18 Å². The monoisotopic (exact) mass is 361 g/mol. The highest BCUT2D eigenvalue weighted by atomic mass is 79.9. The molecule has 0 saturated carbocycles.